The Hall–Kier alpha value is -2.10. The standard InChI is InChI=1S/C12H12FN3/c1-8-3-2-4-10(13)12(8)16-9-5-6-11(14)15-7-9/h2-7,16H,1H3,(H2,14,15). The number of nitrogens with two attached hydrogens (primary N) is 1. The Balaban J connectivity index is 2.30. The summed E-state index contributed by atoms with van der Waals surface area (Å²) in [6.45, 7) is 1.84. The van der Waals surface area contributed by atoms with Gasteiger partial charge in [0.05, 0.1) is 17.6 Å². The van der Waals surface area contributed by atoms with E-state index in [2.05, 4.69) is 10.3 Å². The summed E-state index contributed by atoms with van der Waals surface area (Å²) >= 11 is 0. The largest absolute Gasteiger partial charge is 0.384 e. The van der Waals surface area contributed by atoms with Gasteiger partial charge in [-0.25, -0.2) is 9.37 Å². The molecule has 0 spiro atoms. The first-order valence-electron chi connectivity index (χ1n) is 4.90. The van der Waals surface area contributed by atoms with Gasteiger partial charge in [0.1, 0.15) is 11.6 Å². The number of hydrogen-bond donors (Lipinski definition) is 2. The molecule has 82 valence electrons. The van der Waals surface area contributed by atoms with E-state index in [1.54, 1.807) is 24.4 Å². The molecule has 1 aromatic heterocycles. The van der Waals surface area contributed by atoms with Crippen molar-refractivity contribution in [2.45, 2.75) is 6.92 Å². The van der Waals surface area contributed by atoms with E-state index in [1.807, 2.05) is 13.0 Å². The lowest BCUT2D eigenvalue weighted by Gasteiger charge is -2.10. The van der Waals surface area contributed by atoms with Crippen molar-refractivity contribution < 1.29 is 4.39 Å². The molecule has 2 aromatic rings. The van der Waals surface area contributed by atoms with Crippen LogP contribution in [0.3, 0.4) is 0 Å². The number of halogens is 1. The van der Waals surface area contributed by atoms with Gasteiger partial charge in [0.2, 0.25) is 0 Å². The van der Waals surface area contributed by atoms with Gasteiger partial charge in [-0.3, -0.25) is 0 Å². The molecule has 0 saturated carbocycles. The van der Waals surface area contributed by atoms with Crippen molar-refractivity contribution in [2.24, 2.45) is 0 Å². The van der Waals surface area contributed by atoms with Crippen LogP contribution in [0.5, 0.6) is 0 Å². The second-order valence-electron chi connectivity index (χ2n) is 3.53. The van der Waals surface area contributed by atoms with Crippen LogP contribution in [-0.4, -0.2) is 4.98 Å². The molecule has 4 heteroatoms. The summed E-state index contributed by atoms with van der Waals surface area (Å²) in [4.78, 5) is 3.93. The number of para-hydroxylation sites is 1. The average Bonchev–Trinajstić information content (AvgIpc) is 2.26. The highest BCUT2D eigenvalue weighted by Gasteiger charge is 2.05. The van der Waals surface area contributed by atoms with Crippen molar-refractivity contribution in [3.8, 4) is 0 Å². The Morgan fingerprint density at radius 3 is 2.69 bits per heavy atom. The third kappa shape index (κ3) is 2.11. The molecule has 0 fully saturated rings. The topological polar surface area (TPSA) is 50.9 Å². The average molecular weight is 217 g/mol. The lowest BCUT2D eigenvalue weighted by atomic mass is 10.2. The van der Waals surface area contributed by atoms with Gasteiger partial charge in [-0.2, -0.15) is 0 Å². The first-order chi connectivity index (χ1) is 7.66. The quantitative estimate of drug-likeness (QED) is 0.813. The molecular weight excluding hydrogens is 205 g/mol. The van der Waals surface area contributed by atoms with E-state index in [0.29, 0.717) is 17.2 Å². The number of nitrogens with one attached hydrogen (secondary N) is 1. The predicted octanol–water partition coefficient (Wildman–Crippen LogP) is 2.85. The Labute approximate surface area is 93.1 Å². The first kappa shape index (κ1) is 10.4. The molecule has 2 rings (SSSR count). The number of aryl methyl sites for hydroxylation is 1. The van der Waals surface area contributed by atoms with Gasteiger partial charge in [-0.15, -0.1) is 0 Å². The number of aromatic nitrogens is 1. The van der Waals surface area contributed by atoms with Gasteiger partial charge < -0.3 is 11.1 Å². The molecule has 16 heavy (non-hydrogen) atoms. The van der Waals surface area contributed by atoms with Gasteiger partial charge in [-0.05, 0) is 30.7 Å². The molecule has 0 aliphatic heterocycles. The fourth-order valence-corrected chi connectivity index (χ4v) is 1.41. The van der Waals surface area contributed by atoms with Crippen molar-refractivity contribution in [1.82, 2.24) is 4.98 Å². The van der Waals surface area contributed by atoms with Crippen LogP contribution in [0.25, 0.3) is 0 Å². The molecule has 1 heterocycles. The highest BCUT2D eigenvalue weighted by atomic mass is 19.1. The Morgan fingerprint density at radius 2 is 2.06 bits per heavy atom. The summed E-state index contributed by atoms with van der Waals surface area (Å²) in [5.41, 5.74) is 7.49. The second kappa shape index (κ2) is 4.18. The first-order valence-corrected chi connectivity index (χ1v) is 4.90. The zero-order valence-corrected chi connectivity index (χ0v) is 8.87. The van der Waals surface area contributed by atoms with E-state index in [4.69, 9.17) is 5.73 Å². The molecule has 0 aliphatic carbocycles. The second-order valence-corrected chi connectivity index (χ2v) is 3.53. The van der Waals surface area contributed by atoms with Crippen molar-refractivity contribution in [2.75, 3.05) is 11.1 Å². The molecule has 0 unspecified atom stereocenters. The number of benzene rings is 1. The third-order valence-corrected chi connectivity index (χ3v) is 2.28. The molecule has 0 aliphatic rings. The summed E-state index contributed by atoms with van der Waals surface area (Å²) in [6.07, 6.45) is 1.57. The molecular formula is C12H12FN3. The maximum atomic E-state index is 13.5. The number of rotatable bonds is 2. The van der Waals surface area contributed by atoms with Gasteiger partial charge >= 0.3 is 0 Å². The van der Waals surface area contributed by atoms with Gasteiger partial charge in [0.25, 0.3) is 0 Å². The minimum atomic E-state index is -0.281. The Kier molecular flexibility index (Phi) is 2.72. The zero-order chi connectivity index (χ0) is 11.5. The minimum absolute atomic E-state index is 0.281. The lowest BCUT2D eigenvalue weighted by Crippen LogP contribution is -1.98. The molecule has 0 atom stereocenters. The van der Waals surface area contributed by atoms with Gasteiger partial charge in [0.15, 0.2) is 0 Å². The van der Waals surface area contributed by atoms with E-state index < -0.39 is 0 Å². The van der Waals surface area contributed by atoms with E-state index in [1.165, 1.54) is 6.07 Å². The van der Waals surface area contributed by atoms with E-state index in [0.717, 1.165) is 5.56 Å². The zero-order valence-electron chi connectivity index (χ0n) is 8.87. The van der Waals surface area contributed by atoms with E-state index in [9.17, 15) is 4.39 Å². The summed E-state index contributed by atoms with van der Waals surface area (Å²) in [6, 6.07) is 8.36. The lowest BCUT2D eigenvalue weighted by molar-refractivity contribution is 0.631. The smallest absolute Gasteiger partial charge is 0.146 e. The fraction of sp³-hybridized carbons (Fsp3) is 0.0833. The fourth-order valence-electron chi connectivity index (χ4n) is 1.41. The van der Waals surface area contributed by atoms with Crippen LogP contribution < -0.4 is 11.1 Å². The monoisotopic (exact) mass is 217 g/mol. The molecule has 3 nitrogen and oxygen atoms in total. The van der Waals surface area contributed by atoms with Crippen LogP contribution in [0, 0.1) is 12.7 Å². The van der Waals surface area contributed by atoms with Crippen LogP contribution >= 0.6 is 0 Å². The Morgan fingerprint density at radius 1 is 1.25 bits per heavy atom. The summed E-state index contributed by atoms with van der Waals surface area (Å²) < 4.78 is 13.5. The van der Waals surface area contributed by atoms with Crippen LogP contribution in [0.2, 0.25) is 0 Å². The van der Waals surface area contributed by atoms with Crippen molar-refractivity contribution in [3.05, 3.63) is 47.9 Å². The highest BCUT2D eigenvalue weighted by Crippen LogP contribution is 2.23. The van der Waals surface area contributed by atoms with Gasteiger partial charge in [-0.1, -0.05) is 12.1 Å². The number of hydrogen-bond acceptors (Lipinski definition) is 3. The molecule has 0 amide bonds. The van der Waals surface area contributed by atoms with Crippen LogP contribution in [0.4, 0.5) is 21.6 Å². The minimum Gasteiger partial charge on any atom is -0.384 e. The molecule has 3 N–H and O–H groups in total. The predicted molar refractivity (Wildman–Crippen MR) is 63.1 cm³/mol. The molecule has 1 aromatic carbocycles. The van der Waals surface area contributed by atoms with Crippen molar-refractivity contribution in [3.63, 3.8) is 0 Å². The van der Waals surface area contributed by atoms with Gasteiger partial charge in [0, 0.05) is 0 Å². The number of pyridine rings is 1. The number of nitrogen functional groups attached to an aromatic ring is 1. The maximum Gasteiger partial charge on any atom is 0.146 e. The van der Waals surface area contributed by atoms with E-state index in [-0.39, 0.29) is 5.82 Å². The summed E-state index contributed by atoms with van der Waals surface area (Å²) in [5, 5.41) is 2.97. The number of nitrogens with zero attached hydrogens (tertiary/aromatic N) is 1. The van der Waals surface area contributed by atoms with Crippen molar-refractivity contribution >= 4 is 17.2 Å². The summed E-state index contributed by atoms with van der Waals surface area (Å²) in [7, 11) is 0. The summed E-state index contributed by atoms with van der Waals surface area (Å²) in [5.74, 6) is 0.160. The Bertz CT molecular complexity index is 474. The number of anilines is 3. The maximum absolute atomic E-state index is 13.5. The van der Waals surface area contributed by atoms with Crippen LogP contribution in [0.15, 0.2) is 36.5 Å². The normalized spacial score (nSPS) is 10.1. The van der Waals surface area contributed by atoms with E-state index >= 15 is 0 Å². The van der Waals surface area contributed by atoms with Crippen LogP contribution in [0.1, 0.15) is 5.56 Å². The van der Waals surface area contributed by atoms with Crippen LogP contribution in [-0.2, 0) is 0 Å². The highest BCUT2D eigenvalue weighted by molar-refractivity contribution is 5.63. The third-order valence-electron chi connectivity index (χ3n) is 2.28. The molecule has 0 bridgehead atoms. The molecule has 0 saturated heterocycles. The van der Waals surface area contributed by atoms with Crippen molar-refractivity contribution in [1.29, 1.82) is 0 Å². The molecule has 0 radical (unpaired) electrons. The SMILES string of the molecule is Cc1cccc(F)c1Nc1ccc(N)nc1.